The molecule has 1 aromatic rings. The second-order valence-corrected chi connectivity index (χ2v) is 6.82. The van der Waals surface area contributed by atoms with Crippen LogP contribution in [0.1, 0.15) is 38.1 Å². The second kappa shape index (κ2) is 5.54. The van der Waals surface area contributed by atoms with Crippen LogP contribution in [0.5, 0.6) is 0 Å². The van der Waals surface area contributed by atoms with E-state index in [1.54, 1.807) is 0 Å². The first kappa shape index (κ1) is 15.0. The van der Waals surface area contributed by atoms with Crippen molar-refractivity contribution in [3.8, 4) is 0 Å². The Morgan fingerprint density at radius 1 is 1.47 bits per heavy atom. The van der Waals surface area contributed by atoms with E-state index in [2.05, 4.69) is 47.1 Å². The minimum absolute atomic E-state index is 0.159. The van der Waals surface area contributed by atoms with Gasteiger partial charge in [-0.2, -0.15) is 5.10 Å². The maximum absolute atomic E-state index is 9.95. The third-order valence-corrected chi connectivity index (χ3v) is 5.09. The standard InChI is InChI=1S/C14H24BrN3O/c1-9(2)16-14(8-19,12-5-6-12)7-18-11(4)13(15)10(3)17-18/h9,12,16,19H,5-8H2,1-4H3. The van der Waals surface area contributed by atoms with Gasteiger partial charge in [0, 0.05) is 11.7 Å². The Hall–Kier alpha value is -0.390. The predicted octanol–water partition coefficient (Wildman–Crippen LogP) is 2.40. The number of nitrogens with one attached hydrogen (secondary N) is 1. The minimum atomic E-state index is -0.239. The van der Waals surface area contributed by atoms with Crippen LogP contribution in [-0.4, -0.2) is 33.1 Å². The van der Waals surface area contributed by atoms with Gasteiger partial charge in [-0.25, -0.2) is 0 Å². The van der Waals surface area contributed by atoms with Gasteiger partial charge in [-0.1, -0.05) is 13.8 Å². The molecule has 1 aliphatic carbocycles. The molecule has 1 fully saturated rings. The molecule has 0 spiro atoms. The zero-order valence-electron chi connectivity index (χ0n) is 12.2. The number of hydrogen-bond acceptors (Lipinski definition) is 3. The summed E-state index contributed by atoms with van der Waals surface area (Å²) in [6, 6.07) is 0.355. The molecule has 108 valence electrons. The smallest absolute Gasteiger partial charge is 0.0738 e. The molecule has 1 unspecified atom stereocenters. The van der Waals surface area contributed by atoms with E-state index in [9.17, 15) is 5.11 Å². The number of aryl methyl sites for hydroxylation is 1. The topological polar surface area (TPSA) is 50.1 Å². The van der Waals surface area contributed by atoms with Crippen molar-refractivity contribution in [1.29, 1.82) is 0 Å². The van der Waals surface area contributed by atoms with Gasteiger partial charge >= 0.3 is 0 Å². The number of hydrogen-bond donors (Lipinski definition) is 2. The van der Waals surface area contributed by atoms with Crippen LogP contribution >= 0.6 is 15.9 Å². The highest BCUT2D eigenvalue weighted by atomic mass is 79.9. The lowest BCUT2D eigenvalue weighted by atomic mass is 9.93. The molecule has 2 rings (SSSR count). The number of rotatable bonds is 6. The molecule has 0 radical (unpaired) electrons. The normalized spacial score (nSPS) is 18.9. The molecular weight excluding hydrogens is 306 g/mol. The van der Waals surface area contributed by atoms with E-state index >= 15 is 0 Å². The van der Waals surface area contributed by atoms with E-state index in [4.69, 9.17) is 0 Å². The monoisotopic (exact) mass is 329 g/mol. The summed E-state index contributed by atoms with van der Waals surface area (Å²) < 4.78 is 3.09. The Balaban J connectivity index is 2.26. The second-order valence-electron chi connectivity index (χ2n) is 6.03. The van der Waals surface area contributed by atoms with Crippen LogP contribution in [-0.2, 0) is 6.54 Å². The molecule has 4 nitrogen and oxygen atoms in total. The number of aliphatic hydroxyl groups excluding tert-OH is 1. The van der Waals surface area contributed by atoms with Crippen LogP contribution in [0.15, 0.2) is 4.47 Å². The highest BCUT2D eigenvalue weighted by Crippen LogP contribution is 2.41. The molecular formula is C14H24BrN3O. The SMILES string of the molecule is Cc1nn(CC(CO)(NC(C)C)C2CC2)c(C)c1Br. The third-order valence-electron chi connectivity index (χ3n) is 3.94. The van der Waals surface area contributed by atoms with Crippen molar-refractivity contribution in [2.45, 2.75) is 58.7 Å². The fraction of sp³-hybridized carbons (Fsp3) is 0.786. The van der Waals surface area contributed by atoms with E-state index in [0.717, 1.165) is 22.4 Å². The molecule has 5 heteroatoms. The molecule has 0 aliphatic heterocycles. The summed E-state index contributed by atoms with van der Waals surface area (Å²) in [6.07, 6.45) is 2.39. The van der Waals surface area contributed by atoms with Gasteiger partial charge in [0.2, 0.25) is 0 Å². The molecule has 2 N–H and O–H groups in total. The molecule has 1 aliphatic rings. The average molecular weight is 330 g/mol. The van der Waals surface area contributed by atoms with Gasteiger partial charge in [0.1, 0.15) is 0 Å². The summed E-state index contributed by atoms with van der Waals surface area (Å²) in [6.45, 7) is 9.21. The van der Waals surface area contributed by atoms with Crippen LogP contribution in [0.4, 0.5) is 0 Å². The van der Waals surface area contributed by atoms with Gasteiger partial charge in [0.25, 0.3) is 0 Å². The number of halogens is 1. The molecule has 0 aromatic carbocycles. The van der Waals surface area contributed by atoms with Gasteiger partial charge < -0.3 is 10.4 Å². The number of aromatic nitrogens is 2. The molecule has 0 amide bonds. The average Bonchev–Trinajstić information content (AvgIpc) is 3.15. The van der Waals surface area contributed by atoms with E-state index < -0.39 is 0 Å². The van der Waals surface area contributed by atoms with Gasteiger partial charge in [-0.05, 0) is 48.5 Å². The van der Waals surface area contributed by atoms with Crippen LogP contribution in [0.2, 0.25) is 0 Å². The van der Waals surface area contributed by atoms with Crippen molar-refractivity contribution in [1.82, 2.24) is 15.1 Å². The van der Waals surface area contributed by atoms with Gasteiger partial charge in [0.05, 0.1) is 28.9 Å². The molecule has 1 aromatic heterocycles. The van der Waals surface area contributed by atoms with Crippen LogP contribution < -0.4 is 5.32 Å². The first-order chi connectivity index (χ1) is 8.89. The van der Waals surface area contributed by atoms with E-state index in [-0.39, 0.29) is 12.1 Å². The Labute approximate surface area is 123 Å². The van der Waals surface area contributed by atoms with Crippen LogP contribution in [0, 0.1) is 19.8 Å². The fourth-order valence-corrected chi connectivity index (χ4v) is 3.11. The lowest BCUT2D eigenvalue weighted by molar-refractivity contribution is 0.109. The maximum Gasteiger partial charge on any atom is 0.0738 e. The van der Waals surface area contributed by atoms with Crippen LogP contribution in [0.3, 0.4) is 0 Å². The van der Waals surface area contributed by atoms with Crippen molar-refractivity contribution >= 4 is 15.9 Å². The van der Waals surface area contributed by atoms with E-state index in [1.807, 2.05) is 11.6 Å². The van der Waals surface area contributed by atoms with Gasteiger partial charge in [-0.3, -0.25) is 4.68 Å². The fourth-order valence-electron chi connectivity index (χ4n) is 2.82. The Morgan fingerprint density at radius 2 is 2.11 bits per heavy atom. The Bertz CT molecular complexity index is 454. The first-order valence-corrected chi connectivity index (χ1v) is 7.77. The minimum Gasteiger partial charge on any atom is -0.394 e. The summed E-state index contributed by atoms with van der Waals surface area (Å²) in [5.74, 6) is 0.558. The van der Waals surface area contributed by atoms with Crippen molar-refractivity contribution in [3.63, 3.8) is 0 Å². The number of aliphatic hydroxyl groups is 1. The van der Waals surface area contributed by atoms with Gasteiger partial charge in [-0.15, -0.1) is 0 Å². The van der Waals surface area contributed by atoms with Crippen molar-refractivity contribution in [2.24, 2.45) is 5.92 Å². The molecule has 1 heterocycles. The molecule has 0 saturated heterocycles. The van der Waals surface area contributed by atoms with E-state index in [0.29, 0.717) is 12.0 Å². The molecule has 1 saturated carbocycles. The lowest BCUT2D eigenvalue weighted by Crippen LogP contribution is -2.56. The first-order valence-electron chi connectivity index (χ1n) is 6.97. The van der Waals surface area contributed by atoms with Crippen molar-refractivity contribution < 1.29 is 5.11 Å². The quantitative estimate of drug-likeness (QED) is 0.842. The maximum atomic E-state index is 9.95. The summed E-state index contributed by atoms with van der Waals surface area (Å²) in [5.41, 5.74) is 1.89. The van der Waals surface area contributed by atoms with E-state index in [1.165, 1.54) is 12.8 Å². The Kier molecular flexibility index (Phi) is 4.38. The summed E-state index contributed by atoms with van der Waals surface area (Å²) >= 11 is 3.57. The third kappa shape index (κ3) is 3.03. The Morgan fingerprint density at radius 3 is 2.47 bits per heavy atom. The summed E-state index contributed by atoms with van der Waals surface area (Å²) in [4.78, 5) is 0. The zero-order chi connectivity index (χ0) is 14.2. The summed E-state index contributed by atoms with van der Waals surface area (Å²) in [7, 11) is 0. The van der Waals surface area contributed by atoms with Crippen LogP contribution in [0.25, 0.3) is 0 Å². The molecule has 0 bridgehead atoms. The largest absolute Gasteiger partial charge is 0.394 e. The lowest BCUT2D eigenvalue weighted by Gasteiger charge is -2.35. The zero-order valence-corrected chi connectivity index (χ0v) is 13.8. The summed E-state index contributed by atoms with van der Waals surface area (Å²) in [5, 5.41) is 18.1. The van der Waals surface area contributed by atoms with Crippen molar-refractivity contribution in [2.75, 3.05) is 6.61 Å². The van der Waals surface area contributed by atoms with Crippen molar-refractivity contribution in [3.05, 3.63) is 15.9 Å². The molecule has 19 heavy (non-hydrogen) atoms. The van der Waals surface area contributed by atoms with Gasteiger partial charge in [0.15, 0.2) is 0 Å². The number of nitrogens with zero attached hydrogens (tertiary/aromatic N) is 2. The predicted molar refractivity (Wildman–Crippen MR) is 80.2 cm³/mol. The molecule has 1 atom stereocenters. The highest BCUT2D eigenvalue weighted by Gasteiger charge is 2.45. The highest BCUT2D eigenvalue weighted by molar-refractivity contribution is 9.10.